The Labute approximate surface area is 126 Å². The number of hydrogen-bond acceptors (Lipinski definition) is 6. The molecule has 2 aromatic rings. The molecule has 114 valence electrons. The Bertz CT molecular complexity index is 755. The van der Waals surface area contributed by atoms with Crippen LogP contribution in [-0.2, 0) is 10.0 Å². The first-order valence-electron chi connectivity index (χ1n) is 6.33. The third-order valence-electron chi connectivity index (χ3n) is 2.73. The van der Waals surface area contributed by atoms with E-state index in [0.29, 0.717) is 21.9 Å². The monoisotopic (exact) mass is 328 g/mol. The molecule has 0 aliphatic heterocycles. The average Bonchev–Trinajstić information content (AvgIpc) is 2.76. The van der Waals surface area contributed by atoms with Gasteiger partial charge in [0.25, 0.3) is 5.91 Å². The minimum atomic E-state index is -3.35. The molecule has 0 aromatic carbocycles. The summed E-state index contributed by atoms with van der Waals surface area (Å²) in [6.07, 6.45) is 1.63. The minimum Gasteiger partial charge on any atom is -0.397 e. The van der Waals surface area contributed by atoms with E-state index in [9.17, 15) is 13.2 Å². The number of amides is 1. The lowest BCUT2D eigenvalue weighted by atomic mass is 10.2. The standard InChI is InChI=1S/C12H16N4O3S2/c1-2-16-21(18,19)7-6-14-11(17)10-9(13)8-4-3-5-15-12(8)20-10/h3-5,16H,2,6-7,13H2,1H3,(H,14,17). The van der Waals surface area contributed by atoms with Gasteiger partial charge in [-0.05, 0) is 12.1 Å². The zero-order chi connectivity index (χ0) is 15.5. The highest BCUT2D eigenvalue weighted by Crippen LogP contribution is 2.31. The molecule has 0 unspecified atom stereocenters. The van der Waals surface area contributed by atoms with E-state index in [4.69, 9.17) is 5.73 Å². The van der Waals surface area contributed by atoms with Crippen LogP contribution in [0.25, 0.3) is 10.2 Å². The molecule has 0 saturated heterocycles. The predicted molar refractivity (Wildman–Crippen MR) is 83.8 cm³/mol. The summed E-state index contributed by atoms with van der Waals surface area (Å²) in [6, 6.07) is 3.54. The summed E-state index contributed by atoms with van der Waals surface area (Å²) in [7, 11) is -3.35. The minimum absolute atomic E-state index is 0.0231. The zero-order valence-corrected chi connectivity index (χ0v) is 13.1. The second kappa shape index (κ2) is 6.37. The van der Waals surface area contributed by atoms with Gasteiger partial charge in [-0.15, -0.1) is 11.3 Å². The Morgan fingerprint density at radius 1 is 1.48 bits per heavy atom. The van der Waals surface area contributed by atoms with Gasteiger partial charge in [0.15, 0.2) is 0 Å². The van der Waals surface area contributed by atoms with E-state index in [1.54, 1.807) is 25.3 Å². The maximum atomic E-state index is 12.1. The summed E-state index contributed by atoms with van der Waals surface area (Å²) in [6.45, 7) is 2.04. The SMILES string of the molecule is CCNS(=O)(=O)CCNC(=O)c1sc2ncccc2c1N. The molecule has 0 aliphatic rings. The number of fused-ring (bicyclic) bond motifs is 1. The molecule has 2 rings (SSSR count). The number of rotatable bonds is 6. The second-order valence-electron chi connectivity index (χ2n) is 4.27. The summed E-state index contributed by atoms with van der Waals surface area (Å²) >= 11 is 1.19. The first-order chi connectivity index (χ1) is 9.94. The molecule has 0 saturated carbocycles. The van der Waals surface area contributed by atoms with Crippen LogP contribution < -0.4 is 15.8 Å². The van der Waals surface area contributed by atoms with Gasteiger partial charge in [-0.1, -0.05) is 6.92 Å². The Morgan fingerprint density at radius 2 is 2.24 bits per heavy atom. The van der Waals surface area contributed by atoms with Crippen molar-refractivity contribution >= 4 is 43.2 Å². The highest BCUT2D eigenvalue weighted by atomic mass is 32.2. The number of nitrogens with one attached hydrogen (secondary N) is 2. The number of nitrogens with zero attached hydrogens (tertiary/aromatic N) is 1. The molecular formula is C12H16N4O3S2. The molecule has 2 heterocycles. The van der Waals surface area contributed by atoms with Gasteiger partial charge in [0.2, 0.25) is 10.0 Å². The third-order valence-corrected chi connectivity index (χ3v) is 5.33. The van der Waals surface area contributed by atoms with Crippen molar-refractivity contribution in [2.45, 2.75) is 6.92 Å². The van der Waals surface area contributed by atoms with E-state index in [2.05, 4.69) is 15.0 Å². The van der Waals surface area contributed by atoms with Crippen LogP contribution in [0, 0.1) is 0 Å². The van der Waals surface area contributed by atoms with Crippen molar-refractivity contribution in [3.05, 3.63) is 23.2 Å². The van der Waals surface area contributed by atoms with E-state index in [1.165, 1.54) is 11.3 Å². The van der Waals surface area contributed by atoms with Crippen molar-refractivity contribution in [3.63, 3.8) is 0 Å². The average molecular weight is 328 g/mol. The van der Waals surface area contributed by atoms with Crippen LogP contribution in [0.5, 0.6) is 0 Å². The summed E-state index contributed by atoms with van der Waals surface area (Å²) in [5.74, 6) is -0.558. The normalized spacial score (nSPS) is 11.7. The predicted octanol–water partition coefficient (Wildman–Crippen LogP) is 0.548. The van der Waals surface area contributed by atoms with Gasteiger partial charge in [0, 0.05) is 24.7 Å². The molecule has 0 radical (unpaired) electrons. The lowest BCUT2D eigenvalue weighted by molar-refractivity contribution is 0.0961. The maximum absolute atomic E-state index is 12.1. The molecule has 2 aromatic heterocycles. The van der Waals surface area contributed by atoms with Crippen LogP contribution >= 0.6 is 11.3 Å². The van der Waals surface area contributed by atoms with Crippen LogP contribution in [0.1, 0.15) is 16.6 Å². The van der Waals surface area contributed by atoms with Crippen molar-refractivity contribution in [1.29, 1.82) is 0 Å². The van der Waals surface area contributed by atoms with E-state index >= 15 is 0 Å². The second-order valence-corrected chi connectivity index (χ2v) is 7.20. The number of nitrogen functional groups attached to an aromatic ring is 1. The molecule has 1 amide bonds. The molecule has 0 aliphatic carbocycles. The van der Waals surface area contributed by atoms with Crippen LogP contribution in [0.4, 0.5) is 5.69 Å². The molecule has 9 heteroatoms. The van der Waals surface area contributed by atoms with Crippen molar-refractivity contribution in [1.82, 2.24) is 15.0 Å². The van der Waals surface area contributed by atoms with Gasteiger partial charge < -0.3 is 11.1 Å². The van der Waals surface area contributed by atoms with Crippen LogP contribution in [0.15, 0.2) is 18.3 Å². The molecule has 0 bridgehead atoms. The topological polar surface area (TPSA) is 114 Å². The van der Waals surface area contributed by atoms with Crippen LogP contribution in [0.2, 0.25) is 0 Å². The molecule has 4 N–H and O–H groups in total. The number of carbonyl (C=O) groups is 1. The quantitative estimate of drug-likeness (QED) is 0.716. The molecule has 21 heavy (non-hydrogen) atoms. The molecule has 0 spiro atoms. The summed E-state index contributed by atoms with van der Waals surface area (Å²) in [5.41, 5.74) is 6.29. The van der Waals surface area contributed by atoms with E-state index in [0.717, 1.165) is 5.39 Å². The summed E-state index contributed by atoms with van der Waals surface area (Å²) in [4.78, 5) is 17.2. The van der Waals surface area contributed by atoms with Crippen molar-refractivity contribution in [3.8, 4) is 0 Å². The largest absolute Gasteiger partial charge is 0.397 e. The Morgan fingerprint density at radius 3 is 2.90 bits per heavy atom. The summed E-state index contributed by atoms with van der Waals surface area (Å²) < 4.78 is 25.3. The fraction of sp³-hybridized carbons (Fsp3) is 0.333. The Hall–Kier alpha value is -1.71. The molecule has 0 atom stereocenters. The van der Waals surface area contributed by atoms with E-state index in [-0.39, 0.29) is 18.2 Å². The van der Waals surface area contributed by atoms with Crippen molar-refractivity contribution in [2.24, 2.45) is 0 Å². The first-order valence-corrected chi connectivity index (χ1v) is 8.80. The van der Waals surface area contributed by atoms with E-state index in [1.807, 2.05) is 0 Å². The third kappa shape index (κ3) is 3.69. The fourth-order valence-corrected chi connectivity index (χ4v) is 3.73. The first kappa shape index (κ1) is 15.7. The van der Waals surface area contributed by atoms with Gasteiger partial charge >= 0.3 is 0 Å². The number of pyridine rings is 1. The van der Waals surface area contributed by atoms with Gasteiger partial charge in [-0.3, -0.25) is 4.79 Å². The number of carbonyl (C=O) groups excluding carboxylic acids is 1. The Kier molecular flexibility index (Phi) is 4.76. The van der Waals surface area contributed by atoms with Crippen molar-refractivity contribution in [2.75, 3.05) is 24.6 Å². The van der Waals surface area contributed by atoms with Gasteiger partial charge in [-0.25, -0.2) is 18.1 Å². The number of aromatic nitrogens is 1. The number of nitrogens with two attached hydrogens (primary N) is 1. The molecule has 7 nitrogen and oxygen atoms in total. The highest BCUT2D eigenvalue weighted by molar-refractivity contribution is 7.89. The van der Waals surface area contributed by atoms with Crippen LogP contribution in [-0.4, -0.2) is 38.2 Å². The smallest absolute Gasteiger partial charge is 0.263 e. The number of anilines is 1. The lowest BCUT2D eigenvalue weighted by Gasteiger charge is -2.06. The van der Waals surface area contributed by atoms with Crippen molar-refractivity contribution < 1.29 is 13.2 Å². The Balaban J connectivity index is 2.04. The van der Waals surface area contributed by atoms with Gasteiger partial charge in [0.1, 0.15) is 9.71 Å². The zero-order valence-electron chi connectivity index (χ0n) is 11.4. The van der Waals surface area contributed by atoms with Gasteiger partial charge in [-0.2, -0.15) is 0 Å². The fourth-order valence-electron chi connectivity index (χ4n) is 1.79. The lowest BCUT2D eigenvalue weighted by Crippen LogP contribution is -2.34. The van der Waals surface area contributed by atoms with Crippen LogP contribution in [0.3, 0.4) is 0 Å². The molecular weight excluding hydrogens is 312 g/mol. The number of sulfonamides is 1. The summed E-state index contributed by atoms with van der Waals surface area (Å²) in [5, 5.41) is 3.29. The molecule has 0 fully saturated rings. The number of thiophene rings is 1. The number of hydrogen-bond donors (Lipinski definition) is 3. The van der Waals surface area contributed by atoms with E-state index < -0.39 is 10.0 Å². The van der Waals surface area contributed by atoms with Gasteiger partial charge in [0.05, 0.1) is 11.4 Å². The maximum Gasteiger partial charge on any atom is 0.263 e. The highest BCUT2D eigenvalue weighted by Gasteiger charge is 2.17.